The highest BCUT2D eigenvalue weighted by Gasteiger charge is 2.29. The molecule has 0 heterocycles. The smallest absolute Gasteiger partial charge is 0.329 e. The number of benzene rings is 1. The van der Waals surface area contributed by atoms with Crippen LogP contribution in [0.15, 0.2) is 18.2 Å². The highest BCUT2D eigenvalue weighted by atomic mass is 35.5. The third-order valence-electron chi connectivity index (χ3n) is 3.65. The molecule has 2 amide bonds. The topological polar surface area (TPSA) is 93.7 Å². The maximum absolute atomic E-state index is 12.5. The number of esters is 1. The zero-order valence-electron chi connectivity index (χ0n) is 15.7. The number of amides is 2. The minimum absolute atomic E-state index is 0.168. The predicted molar refractivity (Wildman–Crippen MR) is 103 cm³/mol. The third kappa shape index (κ3) is 7.36. The lowest BCUT2D eigenvalue weighted by Crippen LogP contribution is -2.48. The van der Waals surface area contributed by atoms with Crippen molar-refractivity contribution in [3.05, 3.63) is 33.8 Å². The first-order valence-electron chi connectivity index (χ1n) is 8.40. The maximum Gasteiger partial charge on any atom is 0.329 e. The van der Waals surface area contributed by atoms with E-state index in [0.717, 1.165) is 0 Å². The first-order valence-corrected chi connectivity index (χ1v) is 9.16. The van der Waals surface area contributed by atoms with Crippen molar-refractivity contribution in [1.29, 1.82) is 0 Å². The average molecular weight is 419 g/mol. The number of ether oxygens (including phenoxy) is 2. The number of hydrogen-bond acceptors (Lipinski definition) is 5. The molecule has 27 heavy (non-hydrogen) atoms. The van der Waals surface area contributed by atoms with Gasteiger partial charge in [-0.2, -0.15) is 0 Å². The molecular formula is C18H24Cl2N2O5. The molecule has 0 fully saturated rings. The second kappa shape index (κ2) is 11.1. The molecule has 0 unspecified atom stereocenters. The van der Waals surface area contributed by atoms with Crippen LogP contribution in [0.25, 0.3) is 0 Å². The zero-order chi connectivity index (χ0) is 20.6. The van der Waals surface area contributed by atoms with E-state index in [0.29, 0.717) is 18.2 Å². The molecule has 0 bridgehead atoms. The van der Waals surface area contributed by atoms with Gasteiger partial charge in [0.15, 0.2) is 6.10 Å². The van der Waals surface area contributed by atoms with E-state index < -0.39 is 29.9 Å². The van der Waals surface area contributed by atoms with E-state index in [4.69, 9.17) is 32.7 Å². The Kier molecular flexibility index (Phi) is 9.55. The first kappa shape index (κ1) is 23.2. The Labute approximate surface area is 168 Å². The Morgan fingerprint density at radius 3 is 2.37 bits per heavy atom. The van der Waals surface area contributed by atoms with Gasteiger partial charge in [-0.25, -0.2) is 4.79 Å². The third-order valence-corrected chi connectivity index (χ3v) is 4.20. The molecule has 0 saturated heterocycles. The van der Waals surface area contributed by atoms with Gasteiger partial charge >= 0.3 is 5.97 Å². The molecule has 1 rings (SSSR count). The monoisotopic (exact) mass is 418 g/mol. The van der Waals surface area contributed by atoms with Crippen molar-refractivity contribution in [2.24, 2.45) is 5.92 Å². The van der Waals surface area contributed by atoms with E-state index >= 15 is 0 Å². The quantitative estimate of drug-likeness (QED) is 0.474. The molecule has 150 valence electrons. The molecule has 0 spiro atoms. The summed E-state index contributed by atoms with van der Waals surface area (Å²) in [7, 11) is 1.51. The Morgan fingerprint density at radius 2 is 1.81 bits per heavy atom. The summed E-state index contributed by atoms with van der Waals surface area (Å²) in [6.07, 6.45) is -1.01. The van der Waals surface area contributed by atoms with Crippen molar-refractivity contribution in [2.45, 2.75) is 32.9 Å². The lowest BCUT2D eigenvalue weighted by molar-refractivity contribution is -0.157. The Balaban J connectivity index is 2.75. The van der Waals surface area contributed by atoms with Gasteiger partial charge in [0.25, 0.3) is 11.8 Å². The van der Waals surface area contributed by atoms with Gasteiger partial charge in [-0.3, -0.25) is 9.59 Å². The minimum atomic E-state index is -1.01. The summed E-state index contributed by atoms with van der Waals surface area (Å²) in [6.45, 7) is 5.60. The zero-order valence-corrected chi connectivity index (χ0v) is 17.2. The summed E-state index contributed by atoms with van der Waals surface area (Å²) in [4.78, 5) is 36.8. The number of carbonyl (C=O) groups excluding carboxylic acids is 3. The summed E-state index contributed by atoms with van der Waals surface area (Å²) in [5.74, 6) is -1.96. The van der Waals surface area contributed by atoms with Gasteiger partial charge in [0, 0.05) is 18.7 Å². The van der Waals surface area contributed by atoms with E-state index in [-0.39, 0.29) is 16.5 Å². The minimum Gasteiger partial charge on any atom is -0.451 e. The van der Waals surface area contributed by atoms with Crippen LogP contribution in [0.5, 0.6) is 0 Å². The largest absolute Gasteiger partial charge is 0.451 e. The normalized spacial score (nSPS) is 13.0. The van der Waals surface area contributed by atoms with Crippen molar-refractivity contribution in [3.63, 3.8) is 0 Å². The summed E-state index contributed by atoms with van der Waals surface area (Å²) in [5, 5.41) is 5.74. The van der Waals surface area contributed by atoms with Gasteiger partial charge in [0.1, 0.15) is 6.04 Å². The van der Waals surface area contributed by atoms with Crippen molar-refractivity contribution >= 4 is 41.0 Å². The van der Waals surface area contributed by atoms with Gasteiger partial charge in [0.2, 0.25) is 0 Å². The molecular weight excluding hydrogens is 395 g/mol. The second-order valence-electron chi connectivity index (χ2n) is 6.18. The maximum atomic E-state index is 12.5. The highest BCUT2D eigenvalue weighted by molar-refractivity contribution is 6.36. The van der Waals surface area contributed by atoms with Crippen molar-refractivity contribution in [1.82, 2.24) is 10.6 Å². The lowest BCUT2D eigenvalue weighted by Gasteiger charge is -2.23. The molecule has 0 aliphatic carbocycles. The molecule has 0 aromatic heterocycles. The molecule has 9 heteroatoms. The Bertz CT molecular complexity index is 682. The molecule has 2 N–H and O–H groups in total. The number of carbonyl (C=O) groups is 3. The fourth-order valence-electron chi connectivity index (χ4n) is 2.11. The van der Waals surface area contributed by atoms with E-state index in [9.17, 15) is 14.4 Å². The van der Waals surface area contributed by atoms with Crippen molar-refractivity contribution < 1.29 is 23.9 Å². The van der Waals surface area contributed by atoms with E-state index in [1.807, 2.05) is 0 Å². The van der Waals surface area contributed by atoms with Crippen LogP contribution in [-0.4, -0.2) is 50.2 Å². The van der Waals surface area contributed by atoms with Crippen LogP contribution in [0.1, 0.15) is 31.1 Å². The second-order valence-corrected chi connectivity index (χ2v) is 7.03. The lowest BCUT2D eigenvalue weighted by atomic mass is 10.0. The molecule has 1 aromatic rings. The van der Waals surface area contributed by atoms with Gasteiger partial charge in [-0.05, 0) is 31.0 Å². The Morgan fingerprint density at radius 1 is 1.15 bits per heavy atom. The van der Waals surface area contributed by atoms with Crippen molar-refractivity contribution in [2.75, 3.05) is 20.3 Å². The standard InChI is InChI=1S/C18H24Cl2N2O5/c1-10(2)15(18(25)27-11(3)16(23)21-7-8-26-4)22-17(24)13-6-5-12(19)9-14(13)20/h5-6,9-11,15H,7-8H2,1-4H3,(H,21,23)(H,22,24)/t11-,15-/m0/s1. The number of methoxy groups -OCH3 is 1. The summed E-state index contributed by atoms with van der Waals surface area (Å²) in [5.41, 5.74) is 0.185. The van der Waals surface area contributed by atoms with Crippen LogP contribution in [0.3, 0.4) is 0 Å². The van der Waals surface area contributed by atoms with Crippen LogP contribution in [0.2, 0.25) is 10.0 Å². The summed E-state index contributed by atoms with van der Waals surface area (Å²) in [6, 6.07) is 3.48. The molecule has 1 aromatic carbocycles. The molecule has 7 nitrogen and oxygen atoms in total. The van der Waals surface area contributed by atoms with E-state index in [1.165, 1.54) is 32.2 Å². The van der Waals surface area contributed by atoms with Gasteiger partial charge < -0.3 is 20.1 Å². The van der Waals surface area contributed by atoms with Crippen LogP contribution in [-0.2, 0) is 19.1 Å². The van der Waals surface area contributed by atoms with Crippen LogP contribution >= 0.6 is 23.2 Å². The Hall–Kier alpha value is -1.83. The molecule has 2 atom stereocenters. The number of halogens is 2. The summed E-state index contributed by atoms with van der Waals surface area (Å²) < 4.78 is 10.0. The number of nitrogens with one attached hydrogen (secondary N) is 2. The first-order chi connectivity index (χ1) is 12.7. The predicted octanol–water partition coefficient (Wildman–Crippen LogP) is 2.44. The van der Waals surface area contributed by atoms with Gasteiger partial charge in [-0.15, -0.1) is 0 Å². The van der Waals surface area contributed by atoms with Gasteiger partial charge in [-0.1, -0.05) is 37.0 Å². The molecule has 0 saturated carbocycles. The van der Waals surface area contributed by atoms with E-state index in [2.05, 4.69) is 10.6 Å². The van der Waals surface area contributed by atoms with E-state index in [1.54, 1.807) is 13.8 Å². The average Bonchev–Trinajstić information content (AvgIpc) is 2.58. The molecule has 0 radical (unpaired) electrons. The molecule has 0 aliphatic heterocycles. The number of rotatable bonds is 9. The molecule has 0 aliphatic rings. The summed E-state index contributed by atoms with van der Waals surface area (Å²) >= 11 is 11.9. The SMILES string of the molecule is COCCNC(=O)[C@H](C)OC(=O)[C@@H](NC(=O)c1ccc(Cl)cc1Cl)C(C)C. The van der Waals surface area contributed by atoms with Crippen LogP contribution < -0.4 is 10.6 Å². The van der Waals surface area contributed by atoms with Crippen LogP contribution in [0.4, 0.5) is 0 Å². The fourth-order valence-corrected chi connectivity index (χ4v) is 2.61. The fraction of sp³-hybridized carbons (Fsp3) is 0.500. The number of hydrogen-bond donors (Lipinski definition) is 2. The van der Waals surface area contributed by atoms with Crippen molar-refractivity contribution in [3.8, 4) is 0 Å². The van der Waals surface area contributed by atoms with Crippen LogP contribution in [0, 0.1) is 5.92 Å². The van der Waals surface area contributed by atoms with Gasteiger partial charge in [0.05, 0.1) is 17.2 Å². The highest BCUT2D eigenvalue weighted by Crippen LogP contribution is 2.21.